The Balaban J connectivity index is 2.89. The molecule has 0 aliphatic rings. The van der Waals surface area contributed by atoms with Crippen molar-refractivity contribution in [2.75, 3.05) is 18.8 Å². The molecule has 0 aromatic heterocycles. The van der Waals surface area contributed by atoms with E-state index in [2.05, 4.69) is 5.32 Å². The summed E-state index contributed by atoms with van der Waals surface area (Å²) < 4.78 is 24.4. The number of aliphatic hydroxyl groups is 1. The number of likely N-dealkylation sites (N-methyl/N-ethyl adjacent to an activating group) is 1. The normalized spacial score (nSPS) is 13.6. The summed E-state index contributed by atoms with van der Waals surface area (Å²) in [6.07, 6.45) is -0.880. The molecule has 1 aromatic rings. The van der Waals surface area contributed by atoms with Crippen molar-refractivity contribution in [3.8, 4) is 0 Å². The zero-order valence-electron chi connectivity index (χ0n) is 11.1. The molecule has 0 aliphatic carbocycles. The molecule has 0 amide bonds. The molecule has 0 saturated carbocycles. The maximum Gasteiger partial charge on any atom is 0.181 e. The lowest BCUT2D eigenvalue weighted by Gasteiger charge is -2.13. The van der Waals surface area contributed by atoms with E-state index in [4.69, 9.17) is 0 Å². The van der Waals surface area contributed by atoms with Crippen molar-refractivity contribution in [1.82, 2.24) is 5.32 Å². The summed E-state index contributed by atoms with van der Waals surface area (Å²) >= 11 is 0. The van der Waals surface area contributed by atoms with Crippen LogP contribution >= 0.6 is 0 Å². The van der Waals surface area contributed by atoms with E-state index in [0.29, 0.717) is 18.0 Å². The van der Waals surface area contributed by atoms with E-state index >= 15 is 0 Å². The summed E-state index contributed by atoms with van der Waals surface area (Å²) in [5, 5.41) is 12.6. The van der Waals surface area contributed by atoms with Gasteiger partial charge in [-0.1, -0.05) is 19.1 Å². The third-order valence-corrected chi connectivity index (χ3v) is 4.65. The first kappa shape index (κ1) is 15.1. The van der Waals surface area contributed by atoms with Crippen LogP contribution in [0.4, 0.5) is 0 Å². The molecule has 0 bridgehead atoms. The topological polar surface area (TPSA) is 66.4 Å². The molecule has 1 atom stereocenters. The van der Waals surface area contributed by atoms with Gasteiger partial charge in [0, 0.05) is 6.54 Å². The minimum absolute atomic E-state index is 0.246. The van der Waals surface area contributed by atoms with Gasteiger partial charge >= 0.3 is 0 Å². The highest BCUT2D eigenvalue weighted by atomic mass is 32.2. The van der Waals surface area contributed by atoms with Crippen molar-refractivity contribution in [3.05, 3.63) is 29.3 Å². The second-order valence-electron chi connectivity index (χ2n) is 4.51. The van der Waals surface area contributed by atoms with Crippen molar-refractivity contribution < 1.29 is 13.5 Å². The van der Waals surface area contributed by atoms with Crippen LogP contribution in [0.15, 0.2) is 23.1 Å². The van der Waals surface area contributed by atoms with Crippen LogP contribution in [0.2, 0.25) is 0 Å². The number of hydrogen-bond acceptors (Lipinski definition) is 4. The fourth-order valence-electron chi connectivity index (χ4n) is 1.76. The standard InChI is InChI=1S/C13H21NO3S/c1-4-14-8-12(15)9-18(16,17)13-7-10(2)5-6-11(13)3/h5-7,12,14-15H,4,8-9H2,1-3H3. The largest absolute Gasteiger partial charge is 0.391 e. The predicted octanol–water partition coefficient (Wildman–Crippen LogP) is 1.05. The van der Waals surface area contributed by atoms with Crippen molar-refractivity contribution in [2.45, 2.75) is 31.8 Å². The lowest BCUT2D eigenvalue weighted by molar-refractivity contribution is 0.194. The van der Waals surface area contributed by atoms with E-state index in [1.54, 1.807) is 19.1 Å². The number of aliphatic hydroxyl groups excluding tert-OH is 1. The Kier molecular flexibility index (Phi) is 5.31. The molecule has 0 aliphatic heterocycles. The molecule has 102 valence electrons. The van der Waals surface area contributed by atoms with Gasteiger partial charge < -0.3 is 10.4 Å². The number of aryl methyl sites for hydroxylation is 2. The van der Waals surface area contributed by atoms with Gasteiger partial charge in [0.1, 0.15) is 0 Å². The van der Waals surface area contributed by atoms with Crippen LogP contribution in [-0.2, 0) is 9.84 Å². The molecule has 0 fully saturated rings. The molecule has 18 heavy (non-hydrogen) atoms. The molecule has 0 spiro atoms. The molecule has 1 rings (SSSR count). The quantitative estimate of drug-likeness (QED) is 0.811. The van der Waals surface area contributed by atoms with E-state index in [1.165, 1.54) is 0 Å². The Bertz CT molecular complexity index is 497. The number of nitrogens with one attached hydrogen (secondary N) is 1. The molecule has 1 aromatic carbocycles. The molecule has 4 nitrogen and oxygen atoms in total. The van der Waals surface area contributed by atoms with Crippen LogP contribution in [0.25, 0.3) is 0 Å². The van der Waals surface area contributed by atoms with Crippen LogP contribution in [-0.4, -0.2) is 38.5 Å². The van der Waals surface area contributed by atoms with Crippen molar-refractivity contribution in [2.24, 2.45) is 0 Å². The summed E-state index contributed by atoms with van der Waals surface area (Å²) in [6, 6.07) is 5.33. The van der Waals surface area contributed by atoms with Crippen LogP contribution in [0.5, 0.6) is 0 Å². The van der Waals surface area contributed by atoms with Gasteiger partial charge in [0.15, 0.2) is 9.84 Å². The maximum absolute atomic E-state index is 12.2. The maximum atomic E-state index is 12.2. The lowest BCUT2D eigenvalue weighted by Crippen LogP contribution is -2.32. The van der Waals surface area contributed by atoms with Crippen LogP contribution in [0.3, 0.4) is 0 Å². The van der Waals surface area contributed by atoms with Gasteiger partial charge in [-0.2, -0.15) is 0 Å². The molecule has 2 N–H and O–H groups in total. The third kappa shape index (κ3) is 4.08. The SMILES string of the molecule is CCNCC(O)CS(=O)(=O)c1cc(C)ccc1C. The monoisotopic (exact) mass is 271 g/mol. The van der Waals surface area contributed by atoms with Gasteiger partial charge in [-0.05, 0) is 37.6 Å². The second kappa shape index (κ2) is 6.31. The highest BCUT2D eigenvalue weighted by Crippen LogP contribution is 2.18. The van der Waals surface area contributed by atoms with Gasteiger partial charge in [0.2, 0.25) is 0 Å². The summed E-state index contributed by atoms with van der Waals surface area (Å²) in [5.74, 6) is -0.246. The van der Waals surface area contributed by atoms with E-state index in [1.807, 2.05) is 19.9 Å². The fourth-order valence-corrected chi connectivity index (χ4v) is 3.48. The van der Waals surface area contributed by atoms with Crippen LogP contribution in [0.1, 0.15) is 18.1 Å². The first-order valence-electron chi connectivity index (χ1n) is 6.05. The van der Waals surface area contributed by atoms with Crippen molar-refractivity contribution in [1.29, 1.82) is 0 Å². The van der Waals surface area contributed by atoms with Gasteiger partial charge in [-0.25, -0.2) is 8.42 Å². The predicted molar refractivity (Wildman–Crippen MR) is 72.5 cm³/mol. The highest BCUT2D eigenvalue weighted by Gasteiger charge is 2.21. The van der Waals surface area contributed by atoms with E-state index < -0.39 is 15.9 Å². The minimum atomic E-state index is -3.43. The second-order valence-corrected chi connectivity index (χ2v) is 6.51. The molecular formula is C13H21NO3S. The summed E-state index contributed by atoms with van der Waals surface area (Å²) in [6.45, 7) is 6.53. The van der Waals surface area contributed by atoms with Crippen LogP contribution in [0, 0.1) is 13.8 Å². The fraction of sp³-hybridized carbons (Fsp3) is 0.538. The first-order chi connectivity index (χ1) is 8.36. The van der Waals surface area contributed by atoms with Crippen molar-refractivity contribution in [3.63, 3.8) is 0 Å². The molecule has 1 unspecified atom stereocenters. The number of sulfone groups is 1. The average Bonchev–Trinajstić information content (AvgIpc) is 2.29. The van der Waals surface area contributed by atoms with Gasteiger partial charge in [0.25, 0.3) is 0 Å². The summed E-state index contributed by atoms with van der Waals surface area (Å²) in [7, 11) is -3.43. The Labute approximate surface area is 109 Å². The molecule has 5 heteroatoms. The zero-order valence-corrected chi connectivity index (χ0v) is 11.9. The number of benzene rings is 1. The zero-order chi connectivity index (χ0) is 13.8. The van der Waals surface area contributed by atoms with Gasteiger partial charge in [-0.3, -0.25) is 0 Å². The Morgan fingerprint density at radius 3 is 2.61 bits per heavy atom. The Morgan fingerprint density at radius 2 is 2.00 bits per heavy atom. The third-order valence-electron chi connectivity index (χ3n) is 2.72. The Hall–Kier alpha value is -0.910. The molecule has 0 radical (unpaired) electrons. The van der Waals surface area contributed by atoms with E-state index in [9.17, 15) is 13.5 Å². The Morgan fingerprint density at radius 1 is 1.33 bits per heavy atom. The highest BCUT2D eigenvalue weighted by molar-refractivity contribution is 7.91. The number of rotatable bonds is 6. The smallest absolute Gasteiger partial charge is 0.181 e. The van der Waals surface area contributed by atoms with E-state index in [0.717, 1.165) is 11.1 Å². The molecule has 0 heterocycles. The molecular weight excluding hydrogens is 250 g/mol. The average molecular weight is 271 g/mol. The van der Waals surface area contributed by atoms with Gasteiger partial charge in [-0.15, -0.1) is 0 Å². The lowest BCUT2D eigenvalue weighted by atomic mass is 10.2. The van der Waals surface area contributed by atoms with E-state index in [-0.39, 0.29) is 5.75 Å². The van der Waals surface area contributed by atoms with Crippen LogP contribution < -0.4 is 5.32 Å². The van der Waals surface area contributed by atoms with Gasteiger partial charge in [0.05, 0.1) is 16.8 Å². The molecule has 0 saturated heterocycles. The summed E-state index contributed by atoms with van der Waals surface area (Å²) in [5.41, 5.74) is 1.62. The minimum Gasteiger partial charge on any atom is -0.391 e. The first-order valence-corrected chi connectivity index (χ1v) is 7.71. The van der Waals surface area contributed by atoms with Crippen molar-refractivity contribution >= 4 is 9.84 Å². The number of hydrogen-bond donors (Lipinski definition) is 2. The summed E-state index contributed by atoms with van der Waals surface area (Å²) in [4.78, 5) is 0.318.